The van der Waals surface area contributed by atoms with Gasteiger partial charge in [0.2, 0.25) is 11.8 Å². The van der Waals surface area contributed by atoms with E-state index in [-0.39, 0.29) is 24.3 Å². The van der Waals surface area contributed by atoms with Gasteiger partial charge in [-0.15, -0.1) is 11.3 Å². The van der Waals surface area contributed by atoms with Crippen LogP contribution in [0.4, 0.5) is 5.13 Å². The van der Waals surface area contributed by atoms with Crippen LogP contribution in [-0.2, 0) is 9.59 Å². The number of aryl methyl sites for hydroxylation is 2. The molecule has 1 aromatic heterocycles. The number of hydrogen-bond acceptors (Lipinski definition) is 4. The molecule has 1 heterocycles. The van der Waals surface area contributed by atoms with Gasteiger partial charge in [0.25, 0.3) is 0 Å². The summed E-state index contributed by atoms with van der Waals surface area (Å²) in [5, 5.41) is 3.36. The van der Waals surface area contributed by atoms with Crippen LogP contribution in [0.2, 0.25) is 0 Å². The molecule has 0 unspecified atom stereocenters. The summed E-state index contributed by atoms with van der Waals surface area (Å²) in [6, 6.07) is 9.62. The number of anilines is 1. The molecule has 1 aromatic carbocycles. The number of carbonyl (C=O) groups is 2. The topological polar surface area (TPSA) is 62.3 Å². The Morgan fingerprint density at radius 2 is 1.92 bits per heavy atom. The quantitative estimate of drug-likeness (QED) is 0.751. The predicted octanol–water partition coefficient (Wildman–Crippen LogP) is 3.90. The lowest BCUT2D eigenvalue weighted by Crippen LogP contribution is -2.39. The molecule has 2 rings (SSSR count). The van der Waals surface area contributed by atoms with E-state index >= 15 is 0 Å². The van der Waals surface area contributed by atoms with Crippen molar-refractivity contribution in [3.8, 4) is 0 Å². The molecule has 0 fully saturated rings. The summed E-state index contributed by atoms with van der Waals surface area (Å²) in [6.07, 6.45) is 3.28. The van der Waals surface area contributed by atoms with Crippen LogP contribution < -0.4 is 5.32 Å². The molecule has 138 valence electrons. The third-order valence-corrected chi connectivity index (χ3v) is 4.71. The summed E-state index contributed by atoms with van der Waals surface area (Å²) in [7, 11) is 0. The molecule has 0 radical (unpaired) electrons. The Morgan fingerprint density at radius 3 is 2.50 bits per heavy atom. The zero-order chi connectivity index (χ0) is 19.1. The Morgan fingerprint density at radius 1 is 1.23 bits per heavy atom. The number of thiazole rings is 1. The molecule has 1 N–H and O–H groups in total. The molecule has 0 saturated carbocycles. The molecule has 0 aliphatic rings. The number of nitrogens with one attached hydrogen (secondary N) is 1. The Kier molecular flexibility index (Phi) is 7.09. The first kappa shape index (κ1) is 19.8. The van der Waals surface area contributed by atoms with E-state index < -0.39 is 0 Å². The van der Waals surface area contributed by atoms with Gasteiger partial charge in [-0.05, 0) is 31.4 Å². The van der Waals surface area contributed by atoms with E-state index in [9.17, 15) is 9.59 Å². The van der Waals surface area contributed by atoms with Gasteiger partial charge in [0.1, 0.15) is 6.54 Å². The predicted molar refractivity (Wildman–Crippen MR) is 107 cm³/mol. The fourth-order valence-corrected chi connectivity index (χ4v) is 3.20. The summed E-state index contributed by atoms with van der Waals surface area (Å²) < 4.78 is 0. The SMILES string of the molecule is Cc1nc(NC(=O)CN(CC(C)C)C(=O)C=Cc2ccccc2)sc1C. The lowest BCUT2D eigenvalue weighted by molar-refractivity contribution is -0.131. The van der Waals surface area contributed by atoms with Crippen LogP contribution in [-0.4, -0.2) is 34.8 Å². The van der Waals surface area contributed by atoms with Crippen molar-refractivity contribution in [2.45, 2.75) is 27.7 Å². The summed E-state index contributed by atoms with van der Waals surface area (Å²) in [6.45, 7) is 8.44. The van der Waals surface area contributed by atoms with Crippen molar-refractivity contribution in [1.82, 2.24) is 9.88 Å². The third kappa shape index (κ3) is 6.11. The maximum atomic E-state index is 12.5. The first-order chi connectivity index (χ1) is 12.3. The minimum Gasteiger partial charge on any atom is -0.330 e. The van der Waals surface area contributed by atoms with Crippen molar-refractivity contribution < 1.29 is 9.59 Å². The van der Waals surface area contributed by atoms with Gasteiger partial charge in [-0.1, -0.05) is 44.2 Å². The van der Waals surface area contributed by atoms with Gasteiger partial charge in [0.15, 0.2) is 5.13 Å². The lowest BCUT2D eigenvalue weighted by Gasteiger charge is -2.22. The molecule has 0 spiro atoms. The van der Waals surface area contributed by atoms with Gasteiger partial charge in [-0.2, -0.15) is 0 Å². The molecule has 2 amide bonds. The van der Waals surface area contributed by atoms with E-state index in [2.05, 4.69) is 10.3 Å². The van der Waals surface area contributed by atoms with E-state index in [0.717, 1.165) is 16.1 Å². The minimum absolute atomic E-state index is 0.00776. The Balaban J connectivity index is 2.02. The number of rotatable bonds is 7. The molecule has 0 aliphatic carbocycles. The number of aromatic nitrogens is 1. The molecule has 0 atom stereocenters. The van der Waals surface area contributed by atoms with Gasteiger partial charge >= 0.3 is 0 Å². The second-order valence-corrected chi connectivity index (χ2v) is 7.77. The van der Waals surface area contributed by atoms with Gasteiger partial charge in [0.05, 0.1) is 5.69 Å². The van der Waals surface area contributed by atoms with Crippen LogP contribution >= 0.6 is 11.3 Å². The zero-order valence-corrected chi connectivity index (χ0v) is 16.5. The molecular weight excluding hydrogens is 346 g/mol. The van der Waals surface area contributed by atoms with Crippen molar-refractivity contribution in [1.29, 1.82) is 0 Å². The van der Waals surface area contributed by atoms with Crippen LogP contribution in [0, 0.1) is 19.8 Å². The minimum atomic E-state index is -0.235. The summed E-state index contributed by atoms with van der Waals surface area (Å²) in [4.78, 5) is 31.8. The summed E-state index contributed by atoms with van der Waals surface area (Å²) in [5.41, 5.74) is 1.86. The maximum Gasteiger partial charge on any atom is 0.247 e. The molecule has 2 aromatic rings. The fourth-order valence-electron chi connectivity index (χ4n) is 2.37. The van der Waals surface area contributed by atoms with E-state index in [1.807, 2.05) is 58.0 Å². The zero-order valence-electron chi connectivity index (χ0n) is 15.7. The van der Waals surface area contributed by atoms with Crippen molar-refractivity contribution in [2.24, 2.45) is 5.92 Å². The summed E-state index contributed by atoms with van der Waals surface area (Å²) >= 11 is 1.44. The first-order valence-electron chi connectivity index (χ1n) is 8.61. The van der Waals surface area contributed by atoms with E-state index in [4.69, 9.17) is 0 Å². The highest BCUT2D eigenvalue weighted by atomic mass is 32.1. The molecule has 26 heavy (non-hydrogen) atoms. The Hall–Kier alpha value is -2.47. The standard InChI is InChI=1S/C20H25N3O2S/c1-14(2)12-23(19(25)11-10-17-8-6-5-7-9-17)13-18(24)22-20-21-15(3)16(4)26-20/h5-11,14H,12-13H2,1-4H3,(H,21,22,24). The fraction of sp³-hybridized carbons (Fsp3) is 0.350. The number of amides is 2. The van der Waals surface area contributed by atoms with E-state index in [0.29, 0.717) is 11.7 Å². The number of carbonyl (C=O) groups excluding carboxylic acids is 2. The average molecular weight is 372 g/mol. The highest BCUT2D eigenvalue weighted by Crippen LogP contribution is 2.21. The van der Waals surface area contributed by atoms with Crippen LogP contribution in [0.15, 0.2) is 36.4 Å². The van der Waals surface area contributed by atoms with E-state index in [1.54, 1.807) is 11.0 Å². The maximum absolute atomic E-state index is 12.5. The summed E-state index contributed by atoms with van der Waals surface area (Å²) in [5.74, 6) is -0.147. The lowest BCUT2D eigenvalue weighted by atomic mass is 10.2. The highest BCUT2D eigenvalue weighted by molar-refractivity contribution is 7.15. The molecule has 0 bridgehead atoms. The molecule has 5 nitrogen and oxygen atoms in total. The molecular formula is C20H25N3O2S. The van der Waals surface area contributed by atoms with Gasteiger partial charge in [0, 0.05) is 17.5 Å². The number of benzene rings is 1. The number of hydrogen-bond donors (Lipinski definition) is 1. The molecule has 0 saturated heterocycles. The van der Waals surface area contributed by atoms with Crippen LogP contribution in [0.3, 0.4) is 0 Å². The Bertz CT molecular complexity index is 762. The van der Waals surface area contributed by atoms with Crippen molar-refractivity contribution in [3.63, 3.8) is 0 Å². The van der Waals surface area contributed by atoms with Gasteiger partial charge < -0.3 is 10.2 Å². The second kappa shape index (κ2) is 9.29. The van der Waals surface area contributed by atoms with E-state index in [1.165, 1.54) is 17.4 Å². The smallest absolute Gasteiger partial charge is 0.247 e. The second-order valence-electron chi connectivity index (χ2n) is 6.57. The monoisotopic (exact) mass is 371 g/mol. The largest absolute Gasteiger partial charge is 0.330 e. The van der Waals surface area contributed by atoms with Crippen molar-refractivity contribution >= 4 is 34.4 Å². The van der Waals surface area contributed by atoms with Crippen LogP contribution in [0.25, 0.3) is 6.08 Å². The van der Waals surface area contributed by atoms with Gasteiger partial charge in [-0.25, -0.2) is 4.98 Å². The molecule has 0 aliphatic heterocycles. The van der Waals surface area contributed by atoms with Crippen LogP contribution in [0.5, 0.6) is 0 Å². The molecule has 6 heteroatoms. The normalized spacial score (nSPS) is 11.1. The Labute approximate surface area is 158 Å². The van der Waals surface area contributed by atoms with Crippen molar-refractivity contribution in [3.05, 3.63) is 52.5 Å². The third-order valence-electron chi connectivity index (χ3n) is 3.72. The van der Waals surface area contributed by atoms with Crippen molar-refractivity contribution in [2.75, 3.05) is 18.4 Å². The average Bonchev–Trinajstić information content (AvgIpc) is 2.90. The number of nitrogens with zero attached hydrogens (tertiary/aromatic N) is 2. The highest BCUT2D eigenvalue weighted by Gasteiger charge is 2.17. The first-order valence-corrected chi connectivity index (χ1v) is 9.42. The van der Waals surface area contributed by atoms with Gasteiger partial charge in [-0.3, -0.25) is 9.59 Å². The van der Waals surface area contributed by atoms with Crippen LogP contribution in [0.1, 0.15) is 30.0 Å².